The number of benzene rings is 2. The van der Waals surface area contributed by atoms with Crippen LogP contribution in [-0.2, 0) is 0 Å². The van der Waals surface area contributed by atoms with Crippen molar-refractivity contribution in [3.8, 4) is 0 Å². The van der Waals surface area contributed by atoms with Crippen molar-refractivity contribution in [1.29, 1.82) is 0 Å². The fraction of sp³-hybridized carbons (Fsp3) is 0.0625. The highest BCUT2D eigenvalue weighted by molar-refractivity contribution is 9.10. The Kier molecular flexibility index (Phi) is 5.40. The number of ketones is 1. The predicted octanol–water partition coefficient (Wildman–Crippen LogP) is 3.44. The Labute approximate surface area is 131 Å². The van der Waals surface area contributed by atoms with Crippen LogP contribution < -0.4 is 5.43 Å². The molecule has 5 heteroatoms. The van der Waals surface area contributed by atoms with Gasteiger partial charge in [0.05, 0.1) is 0 Å². The number of nitrogens with one attached hydrogen (secondary N) is 1. The maximum atomic E-state index is 11.8. The molecule has 0 fully saturated rings. The van der Waals surface area contributed by atoms with Crippen molar-refractivity contribution >= 4 is 33.8 Å². The largest absolute Gasteiger partial charge is 0.294 e. The molecule has 0 aromatic heterocycles. The van der Waals surface area contributed by atoms with Crippen LogP contribution in [0.25, 0.3) is 0 Å². The molecule has 0 bridgehead atoms. The topological polar surface area (TPSA) is 58.5 Å². The summed E-state index contributed by atoms with van der Waals surface area (Å²) in [5, 5.41) is 3.78. The van der Waals surface area contributed by atoms with Gasteiger partial charge in [-0.3, -0.25) is 9.59 Å². The van der Waals surface area contributed by atoms with Crippen LogP contribution in [0.2, 0.25) is 0 Å². The number of halogens is 1. The first kappa shape index (κ1) is 15.1. The van der Waals surface area contributed by atoms with Gasteiger partial charge in [0.15, 0.2) is 5.78 Å². The minimum atomic E-state index is -0.320. The first-order valence-electron chi connectivity index (χ1n) is 6.32. The highest BCUT2D eigenvalue weighted by Crippen LogP contribution is 2.11. The van der Waals surface area contributed by atoms with Crippen LogP contribution in [0, 0.1) is 0 Å². The average Bonchev–Trinajstić information content (AvgIpc) is 2.52. The molecule has 1 amide bonds. The van der Waals surface area contributed by atoms with Gasteiger partial charge in [-0.2, -0.15) is 5.10 Å². The fourth-order valence-corrected chi connectivity index (χ4v) is 2.07. The highest BCUT2D eigenvalue weighted by atomic mass is 79.9. The summed E-state index contributed by atoms with van der Waals surface area (Å²) in [6, 6.07) is 15.9. The minimum Gasteiger partial charge on any atom is -0.294 e. The molecule has 0 saturated heterocycles. The molecule has 0 aliphatic rings. The molecule has 21 heavy (non-hydrogen) atoms. The van der Waals surface area contributed by atoms with Crippen molar-refractivity contribution in [1.82, 2.24) is 5.43 Å². The summed E-state index contributed by atoms with van der Waals surface area (Å²) in [4.78, 5) is 23.6. The van der Waals surface area contributed by atoms with E-state index in [1.54, 1.807) is 42.5 Å². The lowest BCUT2D eigenvalue weighted by Gasteiger charge is -2.00. The molecular formula is C16H13BrN2O2. The number of carbonyl (C=O) groups excluding carboxylic acids is 2. The van der Waals surface area contributed by atoms with Crippen molar-refractivity contribution in [3.05, 3.63) is 70.2 Å². The molecule has 1 N–H and O–H groups in total. The van der Waals surface area contributed by atoms with Gasteiger partial charge in [0.2, 0.25) is 0 Å². The Morgan fingerprint density at radius 3 is 2.48 bits per heavy atom. The van der Waals surface area contributed by atoms with E-state index in [-0.39, 0.29) is 18.1 Å². The van der Waals surface area contributed by atoms with E-state index in [0.717, 1.165) is 4.47 Å². The lowest BCUT2D eigenvalue weighted by atomic mass is 10.1. The van der Waals surface area contributed by atoms with Gasteiger partial charge in [0, 0.05) is 28.2 Å². The molecule has 2 rings (SSSR count). The third kappa shape index (κ3) is 4.65. The van der Waals surface area contributed by atoms with Crippen LogP contribution in [0.3, 0.4) is 0 Å². The Hall–Kier alpha value is -2.27. The Morgan fingerprint density at radius 1 is 1.05 bits per heavy atom. The van der Waals surface area contributed by atoms with Gasteiger partial charge in [0.25, 0.3) is 5.91 Å². The summed E-state index contributed by atoms with van der Waals surface area (Å²) in [7, 11) is 0. The zero-order valence-corrected chi connectivity index (χ0v) is 12.7. The maximum Gasteiger partial charge on any atom is 0.271 e. The summed E-state index contributed by atoms with van der Waals surface area (Å²) < 4.78 is 0.818. The minimum absolute atomic E-state index is 0.0453. The molecule has 0 aliphatic carbocycles. The van der Waals surface area contributed by atoms with Gasteiger partial charge >= 0.3 is 0 Å². The molecule has 0 aliphatic heterocycles. The van der Waals surface area contributed by atoms with E-state index in [9.17, 15) is 9.59 Å². The van der Waals surface area contributed by atoms with Crippen molar-refractivity contribution < 1.29 is 9.59 Å². The number of hydrazone groups is 1. The van der Waals surface area contributed by atoms with Crippen LogP contribution in [0.4, 0.5) is 0 Å². The number of hydrogen-bond acceptors (Lipinski definition) is 3. The molecule has 0 atom stereocenters. The number of rotatable bonds is 5. The van der Waals surface area contributed by atoms with Crippen molar-refractivity contribution in [2.75, 3.05) is 0 Å². The Balaban J connectivity index is 1.86. The van der Waals surface area contributed by atoms with E-state index >= 15 is 0 Å². The fourth-order valence-electron chi connectivity index (χ4n) is 1.67. The molecular weight excluding hydrogens is 332 g/mol. The van der Waals surface area contributed by atoms with Crippen molar-refractivity contribution in [3.63, 3.8) is 0 Å². The number of Topliss-reactive ketones (excluding diaryl/α,β-unsaturated/α-hetero) is 1. The molecule has 2 aromatic rings. The average molecular weight is 345 g/mol. The predicted molar refractivity (Wildman–Crippen MR) is 85.5 cm³/mol. The van der Waals surface area contributed by atoms with E-state index in [2.05, 4.69) is 26.5 Å². The van der Waals surface area contributed by atoms with E-state index in [1.807, 2.05) is 12.1 Å². The van der Waals surface area contributed by atoms with Crippen LogP contribution in [0.1, 0.15) is 27.1 Å². The van der Waals surface area contributed by atoms with Gasteiger partial charge in [-0.1, -0.05) is 52.3 Å². The van der Waals surface area contributed by atoms with Crippen molar-refractivity contribution in [2.45, 2.75) is 6.42 Å². The van der Waals surface area contributed by atoms with Crippen LogP contribution >= 0.6 is 15.9 Å². The molecule has 4 nitrogen and oxygen atoms in total. The normalized spacial score (nSPS) is 10.5. The Morgan fingerprint density at radius 2 is 1.76 bits per heavy atom. The molecule has 2 aromatic carbocycles. The summed E-state index contributed by atoms with van der Waals surface area (Å²) in [6.45, 7) is 0. The zero-order valence-electron chi connectivity index (χ0n) is 11.1. The molecule has 0 spiro atoms. The van der Waals surface area contributed by atoms with E-state index in [0.29, 0.717) is 11.1 Å². The lowest BCUT2D eigenvalue weighted by Crippen LogP contribution is -2.17. The number of hydrogen-bond donors (Lipinski definition) is 1. The SMILES string of the molecule is O=C(CC=NNC(=O)c1cccc(Br)c1)c1ccccc1. The second-order valence-corrected chi connectivity index (χ2v) is 5.17. The third-order valence-corrected chi connectivity index (χ3v) is 3.21. The molecule has 106 valence electrons. The quantitative estimate of drug-likeness (QED) is 0.513. The summed E-state index contributed by atoms with van der Waals surface area (Å²) in [5.74, 6) is -0.365. The van der Waals surface area contributed by atoms with Crippen molar-refractivity contribution in [2.24, 2.45) is 5.10 Å². The van der Waals surface area contributed by atoms with E-state index < -0.39 is 0 Å². The van der Waals surface area contributed by atoms with Gasteiger partial charge in [-0.05, 0) is 18.2 Å². The molecule has 0 unspecified atom stereocenters. The Bertz CT molecular complexity index is 669. The molecule has 0 radical (unpaired) electrons. The second kappa shape index (κ2) is 7.50. The van der Waals surface area contributed by atoms with E-state index in [1.165, 1.54) is 6.21 Å². The first-order chi connectivity index (χ1) is 10.2. The standard InChI is InChI=1S/C16H13BrN2O2/c17-14-8-4-7-13(11-14)16(21)19-18-10-9-15(20)12-5-2-1-3-6-12/h1-8,10-11H,9H2,(H,19,21). The van der Waals surface area contributed by atoms with Crippen LogP contribution in [0.5, 0.6) is 0 Å². The highest BCUT2D eigenvalue weighted by Gasteiger charge is 2.05. The molecule has 0 saturated carbocycles. The number of nitrogens with zero attached hydrogens (tertiary/aromatic N) is 1. The first-order valence-corrected chi connectivity index (χ1v) is 7.12. The monoisotopic (exact) mass is 344 g/mol. The third-order valence-electron chi connectivity index (χ3n) is 2.72. The number of carbonyl (C=O) groups is 2. The number of amides is 1. The summed E-state index contributed by atoms with van der Waals surface area (Å²) in [5.41, 5.74) is 3.51. The van der Waals surface area contributed by atoms with Crippen LogP contribution in [-0.4, -0.2) is 17.9 Å². The lowest BCUT2D eigenvalue weighted by molar-refractivity contribution is 0.0951. The van der Waals surface area contributed by atoms with Gasteiger partial charge in [-0.15, -0.1) is 0 Å². The summed E-state index contributed by atoms with van der Waals surface area (Å²) >= 11 is 3.29. The summed E-state index contributed by atoms with van der Waals surface area (Å²) in [6.07, 6.45) is 1.54. The van der Waals surface area contributed by atoms with Gasteiger partial charge in [0.1, 0.15) is 0 Å². The second-order valence-electron chi connectivity index (χ2n) is 4.26. The maximum absolute atomic E-state index is 11.8. The van der Waals surface area contributed by atoms with Gasteiger partial charge in [-0.25, -0.2) is 5.43 Å². The zero-order chi connectivity index (χ0) is 15.1. The smallest absolute Gasteiger partial charge is 0.271 e. The van der Waals surface area contributed by atoms with Gasteiger partial charge < -0.3 is 0 Å². The molecule has 0 heterocycles. The van der Waals surface area contributed by atoms with E-state index in [4.69, 9.17) is 0 Å². The van der Waals surface area contributed by atoms with Crippen LogP contribution in [0.15, 0.2) is 64.2 Å².